The number of hydrogen-bond acceptors (Lipinski definition) is 1. The van der Waals surface area contributed by atoms with Crippen molar-refractivity contribution in [2.75, 3.05) is 6.54 Å². The lowest BCUT2D eigenvalue weighted by molar-refractivity contribution is 0.481. The lowest BCUT2D eigenvalue weighted by Gasteiger charge is -2.21. The fourth-order valence-electron chi connectivity index (χ4n) is 2.06. The summed E-state index contributed by atoms with van der Waals surface area (Å²) >= 11 is 2.14. The molecule has 0 aliphatic rings. The molecule has 1 nitrogen and oxygen atoms in total. The van der Waals surface area contributed by atoms with E-state index in [0.717, 1.165) is 15.2 Å². The Morgan fingerprint density at radius 2 is 1.65 bits per heavy atom. The van der Waals surface area contributed by atoms with Crippen LogP contribution < -0.4 is 5.32 Å². The lowest BCUT2D eigenvalue weighted by Crippen LogP contribution is -2.24. The van der Waals surface area contributed by atoms with Gasteiger partial charge >= 0.3 is 0 Å². The molecule has 20 heavy (non-hydrogen) atoms. The zero-order valence-corrected chi connectivity index (χ0v) is 12.9. The van der Waals surface area contributed by atoms with Crippen LogP contribution in [0.1, 0.15) is 24.1 Å². The molecule has 1 atom stereocenters. The normalized spacial score (nSPS) is 12.4. The Hall–Kier alpha value is -1.08. The molecule has 0 heterocycles. The minimum atomic E-state index is -1.18. The van der Waals surface area contributed by atoms with E-state index in [-0.39, 0.29) is 5.56 Å². The molecule has 1 unspecified atom stereocenters. The van der Waals surface area contributed by atoms with Crippen molar-refractivity contribution >= 4 is 22.6 Å². The Morgan fingerprint density at radius 3 is 2.30 bits per heavy atom. The molecule has 0 aromatic heterocycles. The predicted octanol–water partition coefficient (Wildman–Crippen LogP) is 4.41. The van der Waals surface area contributed by atoms with Crippen LogP contribution in [0.3, 0.4) is 0 Å². The Morgan fingerprint density at radius 1 is 1.00 bits per heavy atom. The molecule has 2 rings (SSSR count). The van der Waals surface area contributed by atoms with Gasteiger partial charge in [-0.15, -0.1) is 0 Å². The van der Waals surface area contributed by atoms with Gasteiger partial charge in [0.2, 0.25) is 0 Å². The molecule has 0 saturated heterocycles. The van der Waals surface area contributed by atoms with Crippen molar-refractivity contribution in [3.63, 3.8) is 0 Å². The fraction of sp³-hybridized carbons (Fsp3) is 0.200. The largest absolute Gasteiger partial charge is 0.306 e. The monoisotopic (exact) mass is 391 g/mol. The highest BCUT2D eigenvalue weighted by molar-refractivity contribution is 14.1. The molecule has 5 heteroatoms. The van der Waals surface area contributed by atoms with E-state index >= 15 is 0 Å². The molecule has 0 aliphatic carbocycles. The molecule has 0 spiro atoms. The van der Waals surface area contributed by atoms with Crippen molar-refractivity contribution in [2.24, 2.45) is 0 Å². The first-order valence-corrected chi connectivity index (χ1v) is 7.24. The molecular weight excluding hydrogens is 378 g/mol. The van der Waals surface area contributed by atoms with E-state index < -0.39 is 23.5 Å². The zero-order chi connectivity index (χ0) is 14.7. The van der Waals surface area contributed by atoms with Crippen molar-refractivity contribution in [1.82, 2.24) is 5.32 Å². The predicted molar refractivity (Wildman–Crippen MR) is 81.0 cm³/mol. The summed E-state index contributed by atoms with van der Waals surface area (Å²) < 4.78 is 41.4. The van der Waals surface area contributed by atoms with E-state index in [1.54, 1.807) is 0 Å². The van der Waals surface area contributed by atoms with Gasteiger partial charge in [0.1, 0.15) is 5.82 Å². The Bertz CT molecular complexity index is 616. The van der Waals surface area contributed by atoms with Gasteiger partial charge in [0, 0.05) is 15.2 Å². The molecule has 0 aliphatic heterocycles. The number of nitrogens with one attached hydrogen (secondary N) is 1. The molecule has 106 valence electrons. The first-order valence-electron chi connectivity index (χ1n) is 6.16. The molecule has 0 fully saturated rings. The summed E-state index contributed by atoms with van der Waals surface area (Å²) in [5.41, 5.74) is 0.940. The van der Waals surface area contributed by atoms with Gasteiger partial charge in [-0.25, -0.2) is 13.2 Å². The summed E-state index contributed by atoms with van der Waals surface area (Å²) in [6.07, 6.45) is 0. The summed E-state index contributed by atoms with van der Waals surface area (Å²) in [6, 6.07) is 8.43. The third-order valence-corrected chi connectivity index (χ3v) is 3.96. The second-order valence-electron chi connectivity index (χ2n) is 4.30. The third kappa shape index (κ3) is 3.15. The standard InChI is InChI=1S/C15H13F3IN/c1-2-20-15(9-5-3-4-6-14(9)19)10-7-12(17)13(18)8-11(10)16/h3-8,15,20H,2H2,1H3. The molecular formula is C15H13F3IN. The number of hydrogen-bond donors (Lipinski definition) is 1. The van der Waals surface area contributed by atoms with Crippen molar-refractivity contribution in [3.8, 4) is 0 Å². The summed E-state index contributed by atoms with van der Waals surface area (Å²) in [4.78, 5) is 0. The Kier molecular flexibility index (Phi) is 5.04. The van der Waals surface area contributed by atoms with E-state index in [4.69, 9.17) is 0 Å². The van der Waals surface area contributed by atoms with Gasteiger partial charge in [-0.1, -0.05) is 25.1 Å². The zero-order valence-electron chi connectivity index (χ0n) is 10.8. The number of halogens is 4. The molecule has 1 N–H and O–H groups in total. The van der Waals surface area contributed by atoms with E-state index in [0.29, 0.717) is 12.6 Å². The highest BCUT2D eigenvalue weighted by Crippen LogP contribution is 2.29. The van der Waals surface area contributed by atoms with E-state index in [1.165, 1.54) is 0 Å². The molecule has 2 aromatic carbocycles. The SMILES string of the molecule is CCNC(c1cc(F)c(F)cc1F)c1ccccc1I. The quantitative estimate of drug-likeness (QED) is 0.602. The van der Waals surface area contributed by atoms with Gasteiger partial charge in [-0.3, -0.25) is 0 Å². The van der Waals surface area contributed by atoms with Crippen LogP contribution in [0.5, 0.6) is 0 Å². The van der Waals surface area contributed by atoms with Gasteiger partial charge in [0.15, 0.2) is 11.6 Å². The molecule has 0 amide bonds. The van der Waals surface area contributed by atoms with Crippen molar-refractivity contribution < 1.29 is 13.2 Å². The number of rotatable bonds is 4. The minimum absolute atomic E-state index is 0.106. The van der Waals surface area contributed by atoms with Crippen LogP contribution in [-0.4, -0.2) is 6.54 Å². The van der Waals surface area contributed by atoms with Gasteiger partial charge < -0.3 is 5.32 Å². The maximum Gasteiger partial charge on any atom is 0.161 e. The highest BCUT2D eigenvalue weighted by atomic mass is 127. The van der Waals surface area contributed by atoms with E-state index in [9.17, 15) is 13.2 Å². The molecule has 0 radical (unpaired) electrons. The van der Waals surface area contributed by atoms with Gasteiger partial charge in [-0.2, -0.15) is 0 Å². The van der Waals surface area contributed by atoms with Crippen molar-refractivity contribution in [2.45, 2.75) is 13.0 Å². The van der Waals surface area contributed by atoms with E-state index in [2.05, 4.69) is 27.9 Å². The second-order valence-corrected chi connectivity index (χ2v) is 5.46. The van der Waals surface area contributed by atoms with Crippen LogP contribution in [0.25, 0.3) is 0 Å². The Labute approximate surface area is 129 Å². The van der Waals surface area contributed by atoms with Crippen LogP contribution >= 0.6 is 22.6 Å². The van der Waals surface area contributed by atoms with Crippen LogP contribution in [-0.2, 0) is 0 Å². The smallest absolute Gasteiger partial charge is 0.161 e. The third-order valence-electron chi connectivity index (χ3n) is 2.98. The lowest BCUT2D eigenvalue weighted by atomic mass is 9.98. The minimum Gasteiger partial charge on any atom is -0.306 e. The molecule has 2 aromatic rings. The maximum atomic E-state index is 14.0. The number of benzene rings is 2. The highest BCUT2D eigenvalue weighted by Gasteiger charge is 2.21. The van der Waals surface area contributed by atoms with Crippen LogP contribution in [0, 0.1) is 21.0 Å². The van der Waals surface area contributed by atoms with Crippen molar-refractivity contribution in [1.29, 1.82) is 0 Å². The second kappa shape index (κ2) is 6.58. The fourth-order valence-corrected chi connectivity index (χ4v) is 2.76. The van der Waals surface area contributed by atoms with Gasteiger partial charge in [0.25, 0.3) is 0 Å². The summed E-state index contributed by atoms with van der Waals surface area (Å²) in [6.45, 7) is 2.45. The average molecular weight is 391 g/mol. The summed E-state index contributed by atoms with van der Waals surface area (Å²) in [5.74, 6) is -2.98. The van der Waals surface area contributed by atoms with Crippen molar-refractivity contribution in [3.05, 3.63) is 68.5 Å². The van der Waals surface area contributed by atoms with Gasteiger partial charge in [0.05, 0.1) is 6.04 Å². The molecule has 0 saturated carbocycles. The van der Waals surface area contributed by atoms with Crippen LogP contribution in [0.2, 0.25) is 0 Å². The average Bonchev–Trinajstić information content (AvgIpc) is 2.42. The van der Waals surface area contributed by atoms with Crippen LogP contribution in [0.4, 0.5) is 13.2 Å². The first-order chi connectivity index (χ1) is 9.54. The summed E-state index contributed by atoms with van der Waals surface area (Å²) in [7, 11) is 0. The summed E-state index contributed by atoms with van der Waals surface area (Å²) in [5, 5.41) is 3.11. The maximum absolute atomic E-state index is 14.0. The topological polar surface area (TPSA) is 12.0 Å². The molecule has 0 bridgehead atoms. The Balaban J connectivity index is 2.54. The van der Waals surface area contributed by atoms with E-state index in [1.807, 2.05) is 31.2 Å². The first kappa shape index (κ1) is 15.3. The van der Waals surface area contributed by atoms with Crippen LogP contribution in [0.15, 0.2) is 36.4 Å². The van der Waals surface area contributed by atoms with Gasteiger partial charge in [-0.05, 0) is 46.8 Å².